The van der Waals surface area contributed by atoms with E-state index in [0.717, 1.165) is 31.1 Å². The molecule has 1 aliphatic rings. The summed E-state index contributed by atoms with van der Waals surface area (Å²) in [5.41, 5.74) is 1.26. The highest BCUT2D eigenvalue weighted by atomic mass is 35.5. The smallest absolute Gasteiger partial charge is 0.335 e. The van der Waals surface area contributed by atoms with Gasteiger partial charge in [0.25, 0.3) is 0 Å². The lowest BCUT2D eigenvalue weighted by molar-refractivity contribution is 0.0697. The summed E-state index contributed by atoms with van der Waals surface area (Å²) < 4.78 is 0. The number of likely N-dealkylation sites (tertiary alicyclic amines) is 1. The molecule has 2 rings (SSSR count). The van der Waals surface area contributed by atoms with Crippen molar-refractivity contribution < 1.29 is 9.90 Å². The fraction of sp³-hybridized carbons (Fsp3) is 0.500. The molecule has 5 heteroatoms. The molecule has 1 aliphatic heterocycles. The first-order chi connectivity index (χ1) is 8.56. The number of hydrogen-bond acceptors (Lipinski definition) is 2. The lowest BCUT2D eigenvalue weighted by Gasteiger charge is -2.31. The second kappa shape index (κ2) is 7.13. The third-order valence-corrected chi connectivity index (χ3v) is 3.79. The van der Waals surface area contributed by atoms with Gasteiger partial charge in [-0.3, -0.25) is 4.90 Å². The first kappa shape index (κ1) is 16.3. The summed E-state index contributed by atoms with van der Waals surface area (Å²) in [7, 11) is 0. The van der Waals surface area contributed by atoms with Gasteiger partial charge in [0, 0.05) is 18.1 Å². The average molecular weight is 304 g/mol. The maximum Gasteiger partial charge on any atom is 0.335 e. The number of carbonyl (C=O) groups is 1. The lowest BCUT2D eigenvalue weighted by Crippen LogP contribution is -2.33. The van der Waals surface area contributed by atoms with Crippen molar-refractivity contribution in [1.29, 1.82) is 0 Å². The Balaban J connectivity index is 0.00000180. The van der Waals surface area contributed by atoms with Crippen LogP contribution in [0.1, 0.15) is 35.7 Å². The van der Waals surface area contributed by atoms with Gasteiger partial charge in [-0.15, -0.1) is 12.4 Å². The van der Waals surface area contributed by atoms with Crippen molar-refractivity contribution in [3.8, 4) is 0 Å². The Morgan fingerprint density at radius 1 is 1.53 bits per heavy atom. The predicted molar refractivity (Wildman–Crippen MR) is 79.3 cm³/mol. The molecule has 1 aromatic rings. The number of rotatable bonds is 3. The third-order valence-electron chi connectivity index (χ3n) is 3.44. The van der Waals surface area contributed by atoms with E-state index in [4.69, 9.17) is 16.7 Å². The molecule has 106 valence electrons. The third kappa shape index (κ3) is 4.37. The maximum atomic E-state index is 10.8. The Kier molecular flexibility index (Phi) is 6.11. The van der Waals surface area contributed by atoms with E-state index in [1.54, 1.807) is 6.07 Å². The predicted octanol–water partition coefficient (Wildman–Crippen LogP) is 3.69. The van der Waals surface area contributed by atoms with E-state index in [0.29, 0.717) is 5.02 Å². The number of hydrogen-bond donors (Lipinski definition) is 1. The molecular weight excluding hydrogens is 285 g/mol. The minimum absolute atomic E-state index is 0. The van der Waals surface area contributed by atoms with Crippen molar-refractivity contribution >= 4 is 30.0 Å². The Bertz CT molecular complexity index is 451. The summed E-state index contributed by atoms with van der Waals surface area (Å²) in [5, 5.41) is 9.44. The molecule has 0 spiro atoms. The second-order valence-electron chi connectivity index (χ2n) is 5.09. The van der Waals surface area contributed by atoms with Gasteiger partial charge >= 0.3 is 5.97 Å². The molecule has 1 aromatic carbocycles. The molecule has 3 nitrogen and oxygen atoms in total. The summed E-state index contributed by atoms with van der Waals surface area (Å²) in [6.45, 7) is 5.27. The maximum absolute atomic E-state index is 10.8. The zero-order valence-electron chi connectivity index (χ0n) is 10.9. The highest BCUT2D eigenvalue weighted by Gasteiger charge is 2.17. The van der Waals surface area contributed by atoms with Crippen LogP contribution < -0.4 is 0 Å². The van der Waals surface area contributed by atoms with Crippen LogP contribution in [0.4, 0.5) is 0 Å². The van der Waals surface area contributed by atoms with Crippen LogP contribution in [0, 0.1) is 5.92 Å². The summed E-state index contributed by atoms with van der Waals surface area (Å²) in [6, 6.07) is 4.98. The molecule has 1 saturated heterocycles. The first-order valence-corrected chi connectivity index (χ1v) is 6.68. The summed E-state index contributed by atoms with van der Waals surface area (Å²) in [4.78, 5) is 13.2. The molecule has 1 unspecified atom stereocenters. The van der Waals surface area contributed by atoms with Gasteiger partial charge in [-0.1, -0.05) is 24.6 Å². The van der Waals surface area contributed by atoms with Gasteiger partial charge in [-0.25, -0.2) is 4.79 Å². The van der Waals surface area contributed by atoms with Gasteiger partial charge in [0.05, 0.1) is 5.56 Å². The second-order valence-corrected chi connectivity index (χ2v) is 5.50. The van der Waals surface area contributed by atoms with E-state index in [2.05, 4.69) is 11.8 Å². The molecule has 1 N–H and O–H groups in total. The van der Waals surface area contributed by atoms with Crippen molar-refractivity contribution in [2.45, 2.75) is 26.3 Å². The van der Waals surface area contributed by atoms with Gasteiger partial charge in [-0.05, 0) is 43.0 Å². The lowest BCUT2D eigenvalue weighted by atomic mass is 9.99. The molecule has 1 heterocycles. The number of piperidine rings is 1. The van der Waals surface area contributed by atoms with Crippen molar-refractivity contribution in [2.24, 2.45) is 5.92 Å². The van der Waals surface area contributed by atoms with E-state index in [1.807, 2.05) is 6.07 Å². The number of carboxylic acid groups (broad SMARTS) is 1. The number of benzene rings is 1. The molecule has 0 aliphatic carbocycles. The number of carboxylic acids is 1. The number of aromatic carboxylic acids is 1. The zero-order valence-corrected chi connectivity index (χ0v) is 12.5. The monoisotopic (exact) mass is 303 g/mol. The van der Waals surface area contributed by atoms with Crippen LogP contribution in [0.5, 0.6) is 0 Å². The van der Waals surface area contributed by atoms with E-state index in [9.17, 15) is 4.79 Å². The highest BCUT2D eigenvalue weighted by Crippen LogP contribution is 2.23. The van der Waals surface area contributed by atoms with Gasteiger partial charge in [0.2, 0.25) is 0 Å². The van der Waals surface area contributed by atoms with Crippen LogP contribution in [-0.4, -0.2) is 29.1 Å². The van der Waals surface area contributed by atoms with Crippen LogP contribution in [0.3, 0.4) is 0 Å². The van der Waals surface area contributed by atoms with Crippen LogP contribution in [0.2, 0.25) is 5.02 Å². The quantitative estimate of drug-likeness (QED) is 0.926. The number of halogens is 2. The Morgan fingerprint density at radius 2 is 2.26 bits per heavy atom. The van der Waals surface area contributed by atoms with Gasteiger partial charge in [-0.2, -0.15) is 0 Å². The topological polar surface area (TPSA) is 40.5 Å². The van der Waals surface area contributed by atoms with Crippen LogP contribution in [-0.2, 0) is 6.54 Å². The summed E-state index contributed by atoms with van der Waals surface area (Å²) in [5.74, 6) is -0.203. The largest absolute Gasteiger partial charge is 0.478 e. The molecule has 0 bridgehead atoms. The molecule has 0 aromatic heterocycles. The minimum Gasteiger partial charge on any atom is -0.478 e. The first-order valence-electron chi connectivity index (χ1n) is 6.30. The molecule has 0 amide bonds. The van der Waals surface area contributed by atoms with Crippen LogP contribution in [0.15, 0.2) is 18.2 Å². The molecule has 19 heavy (non-hydrogen) atoms. The van der Waals surface area contributed by atoms with E-state index >= 15 is 0 Å². The molecule has 1 fully saturated rings. The van der Waals surface area contributed by atoms with Crippen molar-refractivity contribution in [3.05, 3.63) is 34.3 Å². The van der Waals surface area contributed by atoms with Crippen LogP contribution in [0.25, 0.3) is 0 Å². The number of nitrogens with zero attached hydrogens (tertiary/aromatic N) is 1. The zero-order chi connectivity index (χ0) is 13.1. The van der Waals surface area contributed by atoms with E-state index in [1.165, 1.54) is 18.9 Å². The average Bonchev–Trinajstić information content (AvgIpc) is 2.31. The normalized spacial score (nSPS) is 19.8. The Hall–Kier alpha value is -0.770. The van der Waals surface area contributed by atoms with Crippen LogP contribution >= 0.6 is 24.0 Å². The summed E-state index contributed by atoms with van der Waals surface area (Å²) >= 11 is 6.14. The van der Waals surface area contributed by atoms with Gasteiger partial charge < -0.3 is 5.11 Å². The van der Waals surface area contributed by atoms with Gasteiger partial charge in [0.15, 0.2) is 0 Å². The molecule has 1 atom stereocenters. The van der Waals surface area contributed by atoms with E-state index < -0.39 is 5.97 Å². The highest BCUT2D eigenvalue weighted by molar-refractivity contribution is 6.31. The molecule has 0 radical (unpaired) electrons. The Morgan fingerprint density at radius 3 is 2.84 bits per heavy atom. The van der Waals surface area contributed by atoms with E-state index in [-0.39, 0.29) is 18.0 Å². The minimum atomic E-state index is -0.935. The van der Waals surface area contributed by atoms with Gasteiger partial charge in [0.1, 0.15) is 0 Å². The SMILES string of the molecule is CC1CCCN(Cc2ccc(C(=O)O)cc2Cl)C1.Cl. The van der Waals surface area contributed by atoms with Crippen molar-refractivity contribution in [3.63, 3.8) is 0 Å². The summed E-state index contributed by atoms with van der Waals surface area (Å²) in [6.07, 6.45) is 2.52. The van der Waals surface area contributed by atoms with Crippen molar-refractivity contribution in [1.82, 2.24) is 4.90 Å². The standard InChI is InChI=1S/C14H18ClNO2.ClH/c1-10-3-2-6-16(8-10)9-12-5-4-11(14(17)18)7-13(12)15;/h4-5,7,10H,2-3,6,8-9H2,1H3,(H,17,18);1H. The Labute approximate surface area is 125 Å². The fourth-order valence-corrected chi connectivity index (χ4v) is 2.72. The fourth-order valence-electron chi connectivity index (χ4n) is 2.48. The van der Waals surface area contributed by atoms with Crippen molar-refractivity contribution in [2.75, 3.05) is 13.1 Å². The molecule has 0 saturated carbocycles. The molecular formula is C14H19Cl2NO2.